The summed E-state index contributed by atoms with van der Waals surface area (Å²) in [6, 6.07) is 10.9. The van der Waals surface area contributed by atoms with Crippen molar-refractivity contribution in [2.45, 2.75) is 13.3 Å². The first-order valence-electron chi connectivity index (χ1n) is 5.36. The van der Waals surface area contributed by atoms with Crippen molar-refractivity contribution in [1.29, 1.82) is 0 Å². The molecule has 0 saturated heterocycles. The number of benzene rings is 1. The number of hydrogen-bond acceptors (Lipinski definition) is 2. The number of aromatic nitrogens is 1. The van der Waals surface area contributed by atoms with Gasteiger partial charge in [-0.3, -0.25) is 9.78 Å². The highest BCUT2D eigenvalue weighted by atomic mass is 35.5. The Morgan fingerprint density at radius 1 is 1.24 bits per heavy atom. The minimum absolute atomic E-state index is 0.00241. The Morgan fingerprint density at radius 3 is 2.71 bits per heavy atom. The highest BCUT2D eigenvalue weighted by Crippen LogP contribution is 2.17. The molecule has 0 aliphatic rings. The summed E-state index contributed by atoms with van der Waals surface area (Å²) in [6.07, 6.45) is 1.98. The minimum atomic E-state index is -0.00241. The van der Waals surface area contributed by atoms with Gasteiger partial charge in [-0.15, -0.1) is 0 Å². The molecule has 0 spiro atoms. The molecule has 0 bridgehead atoms. The zero-order valence-electron chi connectivity index (χ0n) is 9.48. The van der Waals surface area contributed by atoms with Crippen LogP contribution in [-0.4, -0.2) is 10.8 Å². The third kappa shape index (κ3) is 2.71. The standard InChI is InChI=1S/C14H12ClNO/c1-10-5-4-8-16-13(10)9-14(17)11-6-2-3-7-12(11)15/h2-8H,9H2,1H3. The normalized spacial score (nSPS) is 10.2. The van der Waals surface area contributed by atoms with Crippen molar-refractivity contribution in [2.24, 2.45) is 0 Å². The highest BCUT2D eigenvalue weighted by molar-refractivity contribution is 6.34. The summed E-state index contributed by atoms with van der Waals surface area (Å²) in [5, 5.41) is 0.492. The molecule has 2 aromatic rings. The number of hydrogen-bond donors (Lipinski definition) is 0. The molecular formula is C14H12ClNO. The van der Waals surface area contributed by atoms with Gasteiger partial charge >= 0.3 is 0 Å². The van der Waals surface area contributed by atoms with Gasteiger partial charge in [0.05, 0.1) is 17.1 Å². The minimum Gasteiger partial charge on any atom is -0.294 e. The molecule has 0 saturated carbocycles. The molecule has 0 aliphatic carbocycles. The van der Waals surface area contributed by atoms with Gasteiger partial charge in [-0.1, -0.05) is 29.8 Å². The van der Waals surface area contributed by atoms with Gasteiger partial charge in [0.15, 0.2) is 5.78 Å². The molecule has 1 aromatic carbocycles. The molecule has 0 unspecified atom stereocenters. The number of carbonyl (C=O) groups is 1. The number of rotatable bonds is 3. The fourth-order valence-corrected chi connectivity index (χ4v) is 1.88. The number of ketones is 1. The molecular weight excluding hydrogens is 234 g/mol. The molecule has 0 radical (unpaired) electrons. The van der Waals surface area contributed by atoms with Crippen LogP contribution in [0.4, 0.5) is 0 Å². The fraction of sp³-hybridized carbons (Fsp3) is 0.143. The second-order valence-corrected chi connectivity index (χ2v) is 4.25. The van der Waals surface area contributed by atoms with Gasteiger partial charge in [-0.25, -0.2) is 0 Å². The largest absolute Gasteiger partial charge is 0.294 e. The predicted octanol–water partition coefficient (Wildman–Crippen LogP) is 3.47. The van der Waals surface area contributed by atoms with Crippen LogP contribution in [0.15, 0.2) is 42.6 Å². The number of pyridine rings is 1. The van der Waals surface area contributed by atoms with Crippen molar-refractivity contribution >= 4 is 17.4 Å². The highest BCUT2D eigenvalue weighted by Gasteiger charge is 2.12. The van der Waals surface area contributed by atoms with E-state index in [4.69, 9.17) is 11.6 Å². The van der Waals surface area contributed by atoms with Crippen molar-refractivity contribution < 1.29 is 4.79 Å². The number of nitrogens with zero attached hydrogens (tertiary/aromatic N) is 1. The molecule has 0 atom stereocenters. The SMILES string of the molecule is Cc1cccnc1CC(=O)c1ccccc1Cl. The summed E-state index contributed by atoms with van der Waals surface area (Å²) in [7, 11) is 0. The maximum atomic E-state index is 12.1. The van der Waals surface area contributed by atoms with Gasteiger partial charge in [-0.05, 0) is 30.7 Å². The van der Waals surface area contributed by atoms with Crippen LogP contribution in [0.1, 0.15) is 21.6 Å². The smallest absolute Gasteiger partial charge is 0.170 e. The van der Waals surface area contributed by atoms with Crippen molar-refractivity contribution in [3.05, 3.63) is 64.4 Å². The summed E-state index contributed by atoms with van der Waals surface area (Å²) in [6.45, 7) is 1.95. The van der Waals surface area contributed by atoms with E-state index in [1.807, 2.05) is 31.2 Å². The zero-order chi connectivity index (χ0) is 12.3. The molecule has 86 valence electrons. The first-order chi connectivity index (χ1) is 8.18. The number of Topliss-reactive ketones (excluding diaryl/α,β-unsaturated/α-hetero) is 1. The van der Waals surface area contributed by atoms with Gasteiger partial charge < -0.3 is 0 Å². The van der Waals surface area contributed by atoms with Crippen molar-refractivity contribution in [3.8, 4) is 0 Å². The second-order valence-electron chi connectivity index (χ2n) is 3.85. The molecule has 2 rings (SSSR count). The van der Waals surface area contributed by atoms with Gasteiger partial charge in [0.1, 0.15) is 0 Å². The number of halogens is 1. The van der Waals surface area contributed by atoms with Crippen LogP contribution >= 0.6 is 11.6 Å². The van der Waals surface area contributed by atoms with Gasteiger partial charge in [0.25, 0.3) is 0 Å². The van der Waals surface area contributed by atoms with Crippen LogP contribution < -0.4 is 0 Å². The van der Waals surface area contributed by atoms with E-state index in [1.54, 1.807) is 18.3 Å². The van der Waals surface area contributed by atoms with Crippen LogP contribution in [0.2, 0.25) is 5.02 Å². The maximum absolute atomic E-state index is 12.1. The predicted molar refractivity (Wildman–Crippen MR) is 68.5 cm³/mol. The van der Waals surface area contributed by atoms with Crippen LogP contribution in [0.25, 0.3) is 0 Å². The topological polar surface area (TPSA) is 30.0 Å². The molecule has 0 amide bonds. The van der Waals surface area contributed by atoms with E-state index in [9.17, 15) is 4.79 Å². The van der Waals surface area contributed by atoms with Crippen molar-refractivity contribution in [1.82, 2.24) is 4.98 Å². The van der Waals surface area contributed by atoms with Crippen LogP contribution in [0.3, 0.4) is 0 Å². The molecule has 0 fully saturated rings. The third-order valence-electron chi connectivity index (χ3n) is 2.62. The van der Waals surface area contributed by atoms with E-state index in [1.165, 1.54) is 0 Å². The molecule has 0 N–H and O–H groups in total. The Morgan fingerprint density at radius 2 is 2.00 bits per heavy atom. The van der Waals surface area contributed by atoms with Gasteiger partial charge in [-0.2, -0.15) is 0 Å². The van der Waals surface area contributed by atoms with E-state index >= 15 is 0 Å². The number of carbonyl (C=O) groups excluding carboxylic acids is 1. The fourth-order valence-electron chi connectivity index (χ4n) is 1.64. The van der Waals surface area contributed by atoms with E-state index in [2.05, 4.69) is 4.98 Å². The van der Waals surface area contributed by atoms with Gasteiger partial charge in [0.2, 0.25) is 0 Å². The number of aryl methyl sites for hydroxylation is 1. The van der Waals surface area contributed by atoms with E-state index < -0.39 is 0 Å². The Kier molecular flexibility index (Phi) is 3.55. The quantitative estimate of drug-likeness (QED) is 0.775. The summed E-state index contributed by atoms with van der Waals surface area (Å²) < 4.78 is 0. The Bertz CT molecular complexity index is 551. The van der Waals surface area contributed by atoms with Crippen LogP contribution in [0.5, 0.6) is 0 Å². The first-order valence-corrected chi connectivity index (χ1v) is 5.74. The Balaban J connectivity index is 2.24. The average molecular weight is 246 g/mol. The third-order valence-corrected chi connectivity index (χ3v) is 2.95. The zero-order valence-corrected chi connectivity index (χ0v) is 10.2. The molecule has 0 aliphatic heterocycles. The lowest BCUT2D eigenvalue weighted by molar-refractivity contribution is 0.0992. The lowest BCUT2D eigenvalue weighted by Gasteiger charge is -2.05. The lowest BCUT2D eigenvalue weighted by Crippen LogP contribution is -2.07. The molecule has 17 heavy (non-hydrogen) atoms. The molecule has 1 heterocycles. The Hall–Kier alpha value is -1.67. The summed E-state index contributed by atoms with van der Waals surface area (Å²) in [5.74, 6) is -0.00241. The van der Waals surface area contributed by atoms with Crippen LogP contribution in [0, 0.1) is 6.92 Å². The summed E-state index contributed by atoms with van der Waals surface area (Å²) in [5.41, 5.74) is 2.38. The van der Waals surface area contributed by atoms with E-state index in [0.29, 0.717) is 10.6 Å². The first kappa shape index (κ1) is 11.8. The summed E-state index contributed by atoms with van der Waals surface area (Å²) in [4.78, 5) is 16.3. The second kappa shape index (κ2) is 5.11. The van der Waals surface area contributed by atoms with Gasteiger partial charge in [0, 0.05) is 11.8 Å². The monoisotopic (exact) mass is 245 g/mol. The Labute approximate surface area is 105 Å². The summed E-state index contributed by atoms with van der Waals surface area (Å²) >= 11 is 5.98. The van der Waals surface area contributed by atoms with Crippen LogP contribution in [-0.2, 0) is 6.42 Å². The lowest BCUT2D eigenvalue weighted by atomic mass is 10.0. The molecule has 3 heteroatoms. The average Bonchev–Trinajstić information content (AvgIpc) is 2.32. The van der Waals surface area contributed by atoms with E-state index in [-0.39, 0.29) is 12.2 Å². The molecule has 1 aromatic heterocycles. The van der Waals surface area contributed by atoms with E-state index in [0.717, 1.165) is 11.3 Å². The molecule has 2 nitrogen and oxygen atoms in total. The maximum Gasteiger partial charge on any atom is 0.170 e. The van der Waals surface area contributed by atoms with Crippen molar-refractivity contribution in [3.63, 3.8) is 0 Å². The van der Waals surface area contributed by atoms with Crippen molar-refractivity contribution in [2.75, 3.05) is 0 Å².